The second-order valence-electron chi connectivity index (χ2n) is 6.73. The van der Waals surface area contributed by atoms with Crippen molar-refractivity contribution in [2.45, 2.75) is 25.9 Å². The van der Waals surface area contributed by atoms with E-state index in [2.05, 4.69) is 15.5 Å². The zero-order valence-electron chi connectivity index (χ0n) is 15.3. The number of nitrogens with one attached hydrogen (secondary N) is 1. The normalized spacial score (nSPS) is 13.3. The molecule has 0 bridgehead atoms. The van der Waals surface area contributed by atoms with E-state index < -0.39 is 11.6 Å². The van der Waals surface area contributed by atoms with Crippen LogP contribution in [0, 0.1) is 17.5 Å². The van der Waals surface area contributed by atoms with Crippen molar-refractivity contribution in [3.8, 4) is 0 Å². The zero-order valence-corrected chi connectivity index (χ0v) is 16.1. The summed E-state index contributed by atoms with van der Waals surface area (Å²) < 4.78 is 40.7. The van der Waals surface area contributed by atoms with Gasteiger partial charge in [0.2, 0.25) is 5.01 Å². The van der Waals surface area contributed by atoms with E-state index in [4.69, 9.17) is 0 Å². The van der Waals surface area contributed by atoms with Crippen molar-refractivity contribution in [3.05, 3.63) is 75.0 Å². The van der Waals surface area contributed by atoms with Gasteiger partial charge in [-0.2, -0.15) is 0 Å². The van der Waals surface area contributed by atoms with E-state index in [0.717, 1.165) is 29.4 Å². The van der Waals surface area contributed by atoms with Gasteiger partial charge in [-0.15, -0.1) is 10.2 Å². The molecule has 1 N–H and O–H groups in total. The van der Waals surface area contributed by atoms with Crippen LogP contribution in [0.3, 0.4) is 0 Å². The highest BCUT2D eigenvalue weighted by Gasteiger charge is 2.23. The molecule has 5 nitrogen and oxygen atoms in total. The molecule has 2 heterocycles. The summed E-state index contributed by atoms with van der Waals surface area (Å²) in [6.07, 6.45) is 1.40. The number of carbonyl (C=O) groups is 1. The SMILES string of the molecule is O=C(NCc1ccc(F)cc1)c1nnc(CN2CCCc3cc(F)cc(F)c32)s1. The number of anilines is 1. The van der Waals surface area contributed by atoms with Crippen LogP contribution in [0.2, 0.25) is 0 Å². The minimum atomic E-state index is -0.596. The third-order valence-electron chi connectivity index (χ3n) is 4.65. The Hall–Kier alpha value is -2.94. The number of carbonyl (C=O) groups excluding carboxylic acids is 1. The van der Waals surface area contributed by atoms with Crippen molar-refractivity contribution >= 4 is 22.9 Å². The largest absolute Gasteiger partial charge is 0.362 e. The maximum Gasteiger partial charge on any atom is 0.282 e. The summed E-state index contributed by atoms with van der Waals surface area (Å²) in [6.45, 7) is 1.14. The molecule has 150 valence electrons. The highest BCUT2D eigenvalue weighted by atomic mass is 32.1. The van der Waals surface area contributed by atoms with Crippen molar-refractivity contribution in [1.29, 1.82) is 0 Å². The number of hydrogen-bond donors (Lipinski definition) is 1. The summed E-state index contributed by atoms with van der Waals surface area (Å²) in [5, 5.41) is 11.4. The molecule has 3 aromatic rings. The Bertz CT molecular complexity index is 1040. The van der Waals surface area contributed by atoms with E-state index in [1.807, 2.05) is 0 Å². The lowest BCUT2D eigenvalue weighted by atomic mass is 10.0. The Balaban J connectivity index is 1.42. The summed E-state index contributed by atoms with van der Waals surface area (Å²) >= 11 is 1.12. The summed E-state index contributed by atoms with van der Waals surface area (Å²) in [6, 6.07) is 8.07. The lowest BCUT2D eigenvalue weighted by molar-refractivity contribution is 0.0950. The van der Waals surface area contributed by atoms with Gasteiger partial charge in [-0.05, 0) is 42.2 Å². The molecule has 0 aliphatic carbocycles. The Labute approximate surface area is 169 Å². The molecule has 1 amide bonds. The van der Waals surface area contributed by atoms with Gasteiger partial charge in [0, 0.05) is 19.2 Å². The van der Waals surface area contributed by atoms with E-state index in [0.29, 0.717) is 35.8 Å². The Kier molecular flexibility index (Phi) is 5.48. The number of rotatable bonds is 5. The fourth-order valence-electron chi connectivity index (χ4n) is 3.33. The zero-order chi connectivity index (χ0) is 20.4. The van der Waals surface area contributed by atoms with Crippen LogP contribution in [0.1, 0.15) is 32.4 Å². The number of aromatic nitrogens is 2. The smallest absolute Gasteiger partial charge is 0.282 e. The number of hydrogen-bond acceptors (Lipinski definition) is 5. The molecule has 0 saturated heterocycles. The third-order valence-corrected chi connectivity index (χ3v) is 5.56. The van der Waals surface area contributed by atoms with Gasteiger partial charge in [-0.1, -0.05) is 23.5 Å². The molecule has 1 aromatic heterocycles. The Morgan fingerprint density at radius 3 is 2.69 bits per heavy atom. The van der Waals surface area contributed by atoms with Gasteiger partial charge in [-0.25, -0.2) is 13.2 Å². The molecule has 0 unspecified atom stereocenters. The second-order valence-corrected chi connectivity index (χ2v) is 7.79. The highest BCUT2D eigenvalue weighted by Crippen LogP contribution is 2.32. The van der Waals surface area contributed by atoms with E-state index >= 15 is 0 Å². The van der Waals surface area contributed by atoms with Crippen LogP contribution < -0.4 is 10.2 Å². The molecule has 29 heavy (non-hydrogen) atoms. The molecule has 9 heteroatoms. The van der Waals surface area contributed by atoms with Crippen LogP contribution in [0.15, 0.2) is 36.4 Å². The molecule has 1 aliphatic rings. The van der Waals surface area contributed by atoms with Crippen LogP contribution in [-0.2, 0) is 19.5 Å². The van der Waals surface area contributed by atoms with E-state index in [9.17, 15) is 18.0 Å². The van der Waals surface area contributed by atoms with Crippen LogP contribution in [0.5, 0.6) is 0 Å². The van der Waals surface area contributed by atoms with Crippen molar-refractivity contribution in [2.24, 2.45) is 0 Å². The monoisotopic (exact) mass is 418 g/mol. The first-order valence-electron chi connectivity index (χ1n) is 9.07. The second kappa shape index (κ2) is 8.20. The van der Waals surface area contributed by atoms with Crippen molar-refractivity contribution in [3.63, 3.8) is 0 Å². The minimum absolute atomic E-state index is 0.193. The first-order valence-corrected chi connectivity index (χ1v) is 9.89. The Morgan fingerprint density at radius 1 is 1.10 bits per heavy atom. The van der Waals surface area contributed by atoms with E-state index in [-0.39, 0.29) is 23.3 Å². The maximum absolute atomic E-state index is 14.3. The standard InChI is InChI=1S/C20H17F3N4OS/c21-14-5-3-12(4-6-14)10-24-19(28)20-26-25-17(29-20)11-27-7-1-2-13-8-15(22)9-16(23)18(13)27/h3-6,8-9H,1-2,7,10-11H2,(H,24,28). The predicted molar refractivity (Wildman–Crippen MR) is 103 cm³/mol. The van der Waals surface area contributed by atoms with E-state index in [1.54, 1.807) is 17.0 Å². The first kappa shape index (κ1) is 19.4. The summed E-state index contributed by atoms with van der Waals surface area (Å²) in [5.74, 6) is -1.90. The van der Waals surface area contributed by atoms with Crippen LogP contribution in [0.25, 0.3) is 0 Å². The molecule has 0 spiro atoms. The molecule has 4 rings (SSSR count). The van der Waals surface area contributed by atoms with Crippen LogP contribution in [0.4, 0.5) is 18.9 Å². The third kappa shape index (κ3) is 4.40. The molecule has 0 saturated carbocycles. The van der Waals surface area contributed by atoms with Crippen molar-refractivity contribution in [1.82, 2.24) is 15.5 Å². The molecule has 0 atom stereocenters. The van der Waals surface area contributed by atoms with Gasteiger partial charge in [0.05, 0.1) is 12.2 Å². The number of aryl methyl sites for hydroxylation is 1. The minimum Gasteiger partial charge on any atom is -0.362 e. The van der Waals surface area contributed by atoms with Gasteiger partial charge in [-0.3, -0.25) is 4.79 Å². The molecule has 1 aliphatic heterocycles. The van der Waals surface area contributed by atoms with Gasteiger partial charge >= 0.3 is 0 Å². The Morgan fingerprint density at radius 2 is 1.90 bits per heavy atom. The number of amides is 1. The van der Waals surface area contributed by atoms with Gasteiger partial charge < -0.3 is 10.2 Å². The molecule has 0 radical (unpaired) electrons. The maximum atomic E-state index is 14.3. The fraction of sp³-hybridized carbons (Fsp3) is 0.250. The average Bonchev–Trinajstić information content (AvgIpc) is 3.15. The number of fused-ring (bicyclic) bond motifs is 1. The van der Waals surface area contributed by atoms with Crippen LogP contribution >= 0.6 is 11.3 Å². The predicted octanol–water partition coefficient (Wildman–Crippen LogP) is 3.84. The topological polar surface area (TPSA) is 58.1 Å². The molecule has 2 aromatic carbocycles. The number of halogens is 3. The summed E-state index contributed by atoms with van der Waals surface area (Å²) in [4.78, 5) is 14.1. The van der Waals surface area contributed by atoms with Crippen molar-refractivity contribution in [2.75, 3.05) is 11.4 Å². The lowest BCUT2D eigenvalue weighted by Gasteiger charge is -2.30. The molecular formula is C20H17F3N4OS. The van der Waals surface area contributed by atoms with Gasteiger partial charge in [0.15, 0.2) is 0 Å². The first-order chi connectivity index (χ1) is 14.0. The number of benzene rings is 2. The van der Waals surface area contributed by atoms with E-state index in [1.165, 1.54) is 18.2 Å². The van der Waals surface area contributed by atoms with Gasteiger partial charge in [0.1, 0.15) is 22.5 Å². The van der Waals surface area contributed by atoms with Crippen LogP contribution in [-0.4, -0.2) is 22.6 Å². The quantitative estimate of drug-likeness (QED) is 0.684. The van der Waals surface area contributed by atoms with Gasteiger partial charge in [0.25, 0.3) is 5.91 Å². The molecule has 0 fully saturated rings. The molecular weight excluding hydrogens is 401 g/mol. The highest BCUT2D eigenvalue weighted by molar-refractivity contribution is 7.13. The lowest BCUT2D eigenvalue weighted by Crippen LogP contribution is -2.30. The number of nitrogens with zero attached hydrogens (tertiary/aromatic N) is 3. The summed E-state index contributed by atoms with van der Waals surface area (Å²) in [5.41, 5.74) is 1.78. The average molecular weight is 418 g/mol. The fourth-order valence-corrected chi connectivity index (χ4v) is 4.10. The van der Waals surface area contributed by atoms with Crippen molar-refractivity contribution < 1.29 is 18.0 Å². The summed E-state index contributed by atoms with van der Waals surface area (Å²) in [7, 11) is 0.